The van der Waals surface area contributed by atoms with Crippen LogP contribution in [0.15, 0.2) is 23.3 Å². The molecular weight excluding hydrogens is 468 g/mol. The van der Waals surface area contributed by atoms with E-state index >= 15 is 0 Å². The molecule has 0 N–H and O–H groups in total. The molecule has 6 rings (SSSR count). The Hall–Kier alpha value is -1.51. The van der Waals surface area contributed by atoms with Gasteiger partial charge in [-0.15, -0.1) is 0 Å². The smallest absolute Gasteiger partial charge is 0.165 e. The second-order valence-electron chi connectivity index (χ2n) is 15.6. The number of rotatable bonds is 2. The fourth-order valence-corrected chi connectivity index (χ4v) is 10.7. The first-order chi connectivity index (χ1) is 17.6. The van der Waals surface area contributed by atoms with Crippen molar-refractivity contribution in [3.63, 3.8) is 0 Å². The van der Waals surface area contributed by atoms with Gasteiger partial charge in [0.2, 0.25) is 0 Å². The molecule has 38 heavy (non-hydrogen) atoms. The molecule has 2 unspecified atom stereocenters. The van der Waals surface area contributed by atoms with E-state index in [9.17, 15) is 14.4 Å². The topological polar surface area (TPSA) is 51.2 Å². The van der Waals surface area contributed by atoms with Gasteiger partial charge in [-0.3, -0.25) is 14.4 Å². The summed E-state index contributed by atoms with van der Waals surface area (Å²) in [6, 6.07) is 0. The van der Waals surface area contributed by atoms with E-state index in [-0.39, 0.29) is 57.5 Å². The van der Waals surface area contributed by atoms with E-state index in [1.54, 1.807) is 0 Å². The lowest BCUT2D eigenvalue weighted by molar-refractivity contribution is -0.178. The Bertz CT molecular complexity index is 1140. The van der Waals surface area contributed by atoms with Gasteiger partial charge in [-0.25, -0.2) is 0 Å². The van der Waals surface area contributed by atoms with E-state index in [0.29, 0.717) is 18.0 Å². The van der Waals surface area contributed by atoms with E-state index in [2.05, 4.69) is 54.5 Å². The Kier molecular flexibility index (Phi) is 6.27. The van der Waals surface area contributed by atoms with Crippen molar-refractivity contribution in [2.75, 3.05) is 0 Å². The number of carbonyl (C=O) groups is 3. The quantitative estimate of drug-likeness (QED) is 0.366. The summed E-state index contributed by atoms with van der Waals surface area (Å²) in [4.78, 5) is 41.2. The van der Waals surface area contributed by atoms with Gasteiger partial charge in [0.05, 0.1) is 0 Å². The molecule has 0 aromatic rings. The molecule has 0 aliphatic heterocycles. The van der Waals surface area contributed by atoms with Crippen molar-refractivity contribution < 1.29 is 15.8 Å². The summed E-state index contributed by atoms with van der Waals surface area (Å²) in [7, 11) is 0. The minimum absolute atomic E-state index is 0. The van der Waals surface area contributed by atoms with Gasteiger partial charge in [-0.05, 0) is 90.9 Å². The number of allylic oxidation sites excluding steroid dienone is 4. The summed E-state index contributed by atoms with van der Waals surface area (Å²) in [6.45, 7) is 20.2. The Balaban J connectivity index is 0.00000115. The predicted octanol–water partition coefficient (Wildman–Crippen LogP) is 8.52. The van der Waals surface area contributed by atoms with Gasteiger partial charge in [-0.2, -0.15) is 0 Å². The summed E-state index contributed by atoms with van der Waals surface area (Å²) < 4.78 is 0. The van der Waals surface area contributed by atoms with Gasteiger partial charge >= 0.3 is 0 Å². The highest BCUT2D eigenvalue weighted by atomic mass is 16.1. The standard InChI is InChI=1S/C33H45O3.C2H6.H2/c1-28(2)14-16-33(27(36)20-8-9-20)17-15-32(7)26(21(33)19-28)22(34)18-24-30(5)12-11-25(35)29(3,4)23(30)10-13-31(24,32)6;1-2;/h8-9,18,21,23,26H,10-17,19H2,1-7H3;1-2H3;1H/t21?,23?,26-,30-,31+,32+,33-;;/m0../s1. The van der Waals surface area contributed by atoms with Crippen LogP contribution in [0.2, 0.25) is 0 Å². The molecule has 6 aliphatic rings. The molecule has 4 saturated carbocycles. The maximum absolute atomic E-state index is 14.4. The molecule has 0 heterocycles. The minimum atomic E-state index is -0.379. The first-order valence-corrected chi connectivity index (χ1v) is 15.5. The summed E-state index contributed by atoms with van der Waals surface area (Å²) >= 11 is 0. The number of hydrogen-bond donors (Lipinski definition) is 0. The van der Waals surface area contributed by atoms with Crippen molar-refractivity contribution in [3.8, 4) is 0 Å². The summed E-state index contributed by atoms with van der Waals surface area (Å²) in [5.74, 6) is 1.28. The number of fused-ring (bicyclic) bond motifs is 7. The Morgan fingerprint density at radius 2 is 1.53 bits per heavy atom. The molecule has 6 aliphatic carbocycles. The molecule has 4 fully saturated rings. The zero-order chi connectivity index (χ0) is 28.1. The van der Waals surface area contributed by atoms with Crippen molar-refractivity contribution in [1.29, 1.82) is 0 Å². The molecule has 0 amide bonds. The van der Waals surface area contributed by atoms with Crippen LogP contribution in [0, 0.1) is 56.7 Å². The Morgan fingerprint density at radius 1 is 0.895 bits per heavy atom. The van der Waals surface area contributed by atoms with E-state index in [1.807, 2.05) is 26.3 Å². The third-order valence-electron chi connectivity index (χ3n) is 13.2. The SMILES string of the molecule is CC.CC1(C)CC[C@]2(C(=O)C3=C[CH]3)CC[C@]3(C)[C@H](C(=O)C=C4[C@@]5(C)CCC(=O)C(C)(C)C5CC[C@]43C)C2C1.[HH]. The van der Waals surface area contributed by atoms with Gasteiger partial charge in [0.15, 0.2) is 11.6 Å². The Morgan fingerprint density at radius 3 is 2.16 bits per heavy atom. The van der Waals surface area contributed by atoms with E-state index < -0.39 is 0 Å². The average Bonchev–Trinajstić information content (AvgIpc) is 3.69. The van der Waals surface area contributed by atoms with Crippen LogP contribution >= 0.6 is 0 Å². The molecule has 3 nitrogen and oxygen atoms in total. The highest BCUT2D eigenvalue weighted by molar-refractivity contribution is 6.07. The third kappa shape index (κ3) is 3.48. The van der Waals surface area contributed by atoms with Crippen molar-refractivity contribution in [2.45, 2.75) is 120 Å². The van der Waals surface area contributed by atoms with E-state index in [1.165, 1.54) is 5.57 Å². The van der Waals surface area contributed by atoms with Crippen LogP contribution in [0.5, 0.6) is 0 Å². The predicted molar refractivity (Wildman–Crippen MR) is 155 cm³/mol. The number of carbonyl (C=O) groups excluding carboxylic acids is 3. The molecule has 211 valence electrons. The zero-order valence-corrected chi connectivity index (χ0v) is 25.6. The number of Topliss-reactive ketones (excluding diaryl/α,β-unsaturated/α-hetero) is 2. The van der Waals surface area contributed by atoms with E-state index in [0.717, 1.165) is 56.9 Å². The normalized spacial score (nSPS) is 46.1. The van der Waals surface area contributed by atoms with Gasteiger partial charge in [0.1, 0.15) is 5.78 Å². The second-order valence-corrected chi connectivity index (χ2v) is 15.6. The average molecular weight is 522 g/mol. The molecule has 0 spiro atoms. The lowest BCUT2D eigenvalue weighted by Crippen LogP contribution is -2.66. The summed E-state index contributed by atoms with van der Waals surface area (Å²) in [5, 5.41) is 0. The van der Waals surface area contributed by atoms with Crippen LogP contribution in [0.3, 0.4) is 0 Å². The van der Waals surface area contributed by atoms with Crippen LogP contribution in [-0.2, 0) is 14.4 Å². The molecule has 1 radical (unpaired) electrons. The van der Waals surface area contributed by atoms with Crippen molar-refractivity contribution >= 4 is 17.3 Å². The van der Waals surface area contributed by atoms with Gasteiger partial charge in [0, 0.05) is 36.6 Å². The van der Waals surface area contributed by atoms with Crippen LogP contribution in [0.25, 0.3) is 0 Å². The van der Waals surface area contributed by atoms with Gasteiger partial charge < -0.3 is 0 Å². The van der Waals surface area contributed by atoms with Gasteiger partial charge in [0.25, 0.3) is 0 Å². The zero-order valence-electron chi connectivity index (χ0n) is 25.6. The van der Waals surface area contributed by atoms with Crippen LogP contribution < -0.4 is 0 Å². The summed E-state index contributed by atoms with van der Waals surface area (Å²) in [6.07, 6.45) is 14.3. The highest BCUT2D eigenvalue weighted by Gasteiger charge is 2.70. The molecule has 7 atom stereocenters. The summed E-state index contributed by atoms with van der Waals surface area (Å²) in [5.41, 5.74) is 1.32. The minimum Gasteiger partial charge on any atom is -0.299 e. The first kappa shape index (κ1) is 28.0. The molecular formula is C35H53O3. The van der Waals surface area contributed by atoms with E-state index in [4.69, 9.17) is 0 Å². The van der Waals surface area contributed by atoms with Crippen LogP contribution in [0.1, 0.15) is 122 Å². The molecule has 0 saturated heterocycles. The number of ketones is 3. The monoisotopic (exact) mass is 521 g/mol. The fraction of sp³-hybridized carbons (Fsp3) is 0.771. The van der Waals surface area contributed by atoms with Crippen molar-refractivity contribution in [1.82, 2.24) is 0 Å². The second kappa shape index (κ2) is 8.50. The van der Waals surface area contributed by atoms with Crippen molar-refractivity contribution in [3.05, 3.63) is 29.7 Å². The first-order valence-electron chi connectivity index (χ1n) is 15.5. The maximum atomic E-state index is 14.4. The fourth-order valence-electron chi connectivity index (χ4n) is 10.7. The highest BCUT2D eigenvalue weighted by Crippen LogP contribution is 2.75. The van der Waals surface area contributed by atoms with Gasteiger partial charge in [-0.1, -0.05) is 74.0 Å². The Labute approximate surface area is 233 Å². The molecule has 3 heteroatoms. The maximum Gasteiger partial charge on any atom is 0.165 e. The third-order valence-corrected chi connectivity index (χ3v) is 13.2. The largest absolute Gasteiger partial charge is 0.299 e. The molecule has 0 aromatic heterocycles. The number of hydrogen-bond acceptors (Lipinski definition) is 3. The van der Waals surface area contributed by atoms with Crippen LogP contribution in [0.4, 0.5) is 0 Å². The lowest BCUT2D eigenvalue weighted by atomic mass is 9.33. The lowest BCUT2D eigenvalue weighted by Gasteiger charge is -2.69. The molecule has 0 bridgehead atoms. The molecule has 0 aromatic carbocycles. The van der Waals surface area contributed by atoms with Crippen LogP contribution in [-0.4, -0.2) is 17.3 Å². The van der Waals surface area contributed by atoms with Crippen molar-refractivity contribution in [2.24, 2.45) is 50.2 Å².